The summed E-state index contributed by atoms with van der Waals surface area (Å²) in [5.41, 5.74) is 10.1. The Labute approximate surface area is 103 Å². The van der Waals surface area contributed by atoms with E-state index in [-0.39, 0.29) is 24.9 Å². The van der Waals surface area contributed by atoms with E-state index in [9.17, 15) is 15.3 Å². The van der Waals surface area contributed by atoms with Gasteiger partial charge in [0.2, 0.25) is 5.79 Å². The van der Waals surface area contributed by atoms with Crippen molar-refractivity contribution in [3.8, 4) is 0 Å². The molecule has 3 atom stereocenters. The molecular weight excluding hydrogens is 240 g/mol. The van der Waals surface area contributed by atoms with Gasteiger partial charge in [0.05, 0.1) is 6.61 Å². The van der Waals surface area contributed by atoms with Crippen LogP contribution >= 0.6 is 0 Å². The molecule has 9 heteroatoms. The Kier molecular flexibility index (Phi) is 2.08. The number of nitrogens with one attached hydrogen (secondary N) is 1. The molecule has 0 amide bonds. The molecule has 8 N–H and O–H groups in total. The number of rotatable bonds is 1. The van der Waals surface area contributed by atoms with Gasteiger partial charge in [0.25, 0.3) is 0 Å². The molecular formula is C9H16N6O3. The second-order valence-corrected chi connectivity index (χ2v) is 4.81. The van der Waals surface area contributed by atoms with Crippen molar-refractivity contribution >= 4 is 11.9 Å². The Balaban J connectivity index is 2.15. The topological polar surface area (TPSA) is 153 Å². The van der Waals surface area contributed by atoms with E-state index in [1.54, 1.807) is 4.90 Å². The van der Waals surface area contributed by atoms with Gasteiger partial charge >= 0.3 is 0 Å². The molecule has 3 heterocycles. The van der Waals surface area contributed by atoms with Crippen molar-refractivity contribution in [1.82, 2.24) is 10.2 Å². The van der Waals surface area contributed by atoms with Gasteiger partial charge in [-0.1, -0.05) is 0 Å². The summed E-state index contributed by atoms with van der Waals surface area (Å²) in [6, 6.07) is -1.33. The van der Waals surface area contributed by atoms with Gasteiger partial charge < -0.3 is 37.0 Å². The van der Waals surface area contributed by atoms with E-state index >= 15 is 0 Å². The van der Waals surface area contributed by atoms with Gasteiger partial charge in [-0.2, -0.15) is 0 Å². The van der Waals surface area contributed by atoms with Crippen molar-refractivity contribution in [1.29, 1.82) is 0 Å². The predicted molar refractivity (Wildman–Crippen MR) is 62.3 cm³/mol. The van der Waals surface area contributed by atoms with Gasteiger partial charge in [0.1, 0.15) is 12.1 Å². The summed E-state index contributed by atoms with van der Waals surface area (Å²) in [6.07, 6.45) is 0.0909. The maximum Gasteiger partial charge on any atom is 0.210 e. The number of aliphatic hydroxyl groups is 3. The SMILES string of the molecule is NC1=NC2[C@H](CO)N=C(N)N3CCC(O)(O)C23N1. The van der Waals surface area contributed by atoms with Crippen LogP contribution in [-0.4, -0.2) is 68.8 Å². The average Bonchev–Trinajstić information content (AvgIpc) is 2.77. The maximum atomic E-state index is 10.2. The Morgan fingerprint density at radius 1 is 1.39 bits per heavy atom. The normalized spacial score (nSPS) is 40.7. The molecule has 3 aliphatic heterocycles. The van der Waals surface area contributed by atoms with E-state index in [1.807, 2.05) is 0 Å². The van der Waals surface area contributed by atoms with Crippen molar-refractivity contribution in [2.45, 2.75) is 30.0 Å². The van der Waals surface area contributed by atoms with Crippen molar-refractivity contribution in [2.75, 3.05) is 13.2 Å². The lowest BCUT2D eigenvalue weighted by Gasteiger charge is -2.48. The maximum absolute atomic E-state index is 10.2. The Morgan fingerprint density at radius 3 is 2.78 bits per heavy atom. The largest absolute Gasteiger partial charge is 0.394 e. The van der Waals surface area contributed by atoms with Crippen molar-refractivity contribution in [3.63, 3.8) is 0 Å². The molecule has 3 rings (SSSR count). The lowest BCUT2D eigenvalue weighted by molar-refractivity contribution is -0.221. The lowest BCUT2D eigenvalue weighted by atomic mass is 9.87. The molecule has 0 bridgehead atoms. The fourth-order valence-corrected chi connectivity index (χ4v) is 3.07. The quantitative estimate of drug-likeness (QED) is 0.262. The first kappa shape index (κ1) is 11.5. The highest BCUT2D eigenvalue weighted by Gasteiger charge is 2.69. The third-order valence-corrected chi connectivity index (χ3v) is 3.87. The summed E-state index contributed by atoms with van der Waals surface area (Å²) < 4.78 is 0. The van der Waals surface area contributed by atoms with E-state index in [4.69, 9.17) is 11.5 Å². The number of aliphatic imine (C=N–C) groups is 2. The number of nitrogens with zero attached hydrogens (tertiary/aromatic N) is 3. The molecule has 1 spiro atoms. The van der Waals surface area contributed by atoms with E-state index in [0.29, 0.717) is 6.54 Å². The number of nitrogens with two attached hydrogens (primary N) is 2. The van der Waals surface area contributed by atoms with Crippen molar-refractivity contribution < 1.29 is 15.3 Å². The Morgan fingerprint density at radius 2 is 2.11 bits per heavy atom. The highest BCUT2D eigenvalue weighted by atomic mass is 16.5. The zero-order valence-corrected chi connectivity index (χ0v) is 9.61. The summed E-state index contributed by atoms with van der Waals surface area (Å²) in [5, 5.41) is 32.6. The predicted octanol–water partition coefficient (Wildman–Crippen LogP) is -3.95. The summed E-state index contributed by atoms with van der Waals surface area (Å²) in [5.74, 6) is -1.81. The number of guanidine groups is 2. The third-order valence-electron chi connectivity index (χ3n) is 3.87. The summed E-state index contributed by atoms with van der Waals surface area (Å²) >= 11 is 0. The van der Waals surface area contributed by atoms with Crippen LogP contribution in [0.15, 0.2) is 9.98 Å². The first-order valence-corrected chi connectivity index (χ1v) is 5.70. The summed E-state index contributed by atoms with van der Waals surface area (Å²) in [4.78, 5) is 9.80. The lowest BCUT2D eigenvalue weighted by Crippen LogP contribution is -2.76. The average molecular weight is 256 g/mol. The first-order valence-electron chi connectivity index (χ1n) is 5.70. The molecule has 0 saturated carbocycles. The molecule has 0 aromatic rings. The molecule has 100 valence electrons. The number of hydrogen-bond acceptors (Lipinski definition) is 9. The molecule has 1 fully saturated rings. The van der Waals surface area contributed by atoms with Crippen LogP contribution in [0.1, 0.15) is 6.42 Å². The number of aliphatic hydroxyl groups excluding tert-OH is 1. The monoisotopic (exact) mass is 256 g/mol. The van der Waals surface area contributed by atoms with Crippen molar-refractivity contribution in [3.05, 3.63) is 0 Å². The second-order valence-electron chi connectivity index (χ2n) is 4.81. The van der Waals surface area contributed by atoms with Crippen LogP contribution in [0, 0.1) is 0 Å². The summed E-state index contributed by atoms with van der Waals surface area (Å²) in [6.45, 7) is 0.0300. The van der Waals surface area contributed by atoms with Gasteiger partial charge in [0, 0.05) is 13.0 Å². The zero-order chi connectivity index (χ0) is 13.1. The van der Waals surface area contributed by atoms with Crippen LogP contribution in [0.3, 0.4) is 0 Å². The fourth-order valence-electron chi connectivity index (χ4n) is 3.07. The first-order chi connectivity index (χ1) is 8.42. The Bertz CT molecular complexity index is 450. The van der Waals surface area contributed by atoms with Crippen LogP contribution in [0.5, 0.6) is 0 Å². The van der Waals surface area contributed by atoms with E-state index in [2.05, 4.69) is 15.3 Å². The molecule has 1 saturated heterocycles. The molecule has 0 aromatic carbocycles. The van der Waals surface area contributed by atoms with Crippen LogP contribution in [0.2, 0.25) is 0 Å². The smallest absolute Gasteiger partial charge is 0.210 e. The minimum atomic E-state index is -2.05. The molecule has 0 aromatic heterocycles. The fraction of sp³-hybridized carbons (Fsp3) is 0.778. The van der Waals surface area contributed by atoms with Crippen molar-refractivity contribution in [2.24, 2.45) is 21.5 Å². The van der Waals surface area contributed by atoms with Gasteiger partial charge in [-0.05, 0) is 0 Å². The highest BCUT2D eigenvalue weighted by molar-refractivity contribution is 5.87. The molecule has 3 aliphatic rings. The molecule has 0 radical (unpaired) electrons. The minimum absolute atomic E-state index is 0.0859. The molecule has 9 nitrogen and oxygen atoms in total. The van der Waals surface area contributed by atoms with Crippen LogP contribution < -0.4 is 16.8 Å². The minimum Gasteiger partial charge on any atom is -0.394 e. The third kappa shape index (κ3) is 1.11. The van der Waals surface area contributed by atoms with Crippen LogP contribution in [-0.2, 0) is 0 Å². The van der Waals surface area contributed by atoms with Crippen LogP contribution in [0.25, 0.3) is 0 Å². The van der Waals surface area contributed by atoms with E-state index in [0.717, 1.165) is 0 Å². The highest BCUT2D eigenvalue weighted by Crippen LogP contribution is 2.44. The van der Waals surface area contributed by atoms with E-state index < -0.39 is 23.5 Å². The molecule has 2 unspecified atom stereocenters. The molecule has 18 heavy (non-hydrogen) atoms. The zero-order valence-electron chi connectivity index (χ0n) is 9.61. The molecule has 0 aliphatic carbocycles. The standard InChI is InChI=1S/C9H16N6O3/c10-6-13-5-4(3-16)12-7(11)15-2-1-8(17,18)9(5,15)14-6/h4-5,16-18H,1-3H2,(H2,11,12)(H3,10,13,14)/t4-,5?,9?/m0/s1. The van der Waals surface area contributed by atoms with E-state index in [1.165, 1.54) is 0 Å². The van der Waals surface area contributed by atoms with Gasteiger partial charge in [0.15, 0.2) is 17.6 Å². The summed E-state index contributed by atoms with van der Waals surface area (Å²) in [7, 11) is 0. The van der Waals surface area contributed by atoms with Gasteiger partial charge in [-0.15, -0.1) is 0 Å². The van der Waals surface area contributed by atoms with Gasteiger partial charge in [-0.3, -0.25) is 0 Å². The Hall–Kier alpha value is -1.58. The van der Waals surface area contributed by atoms with Crippen LogP contribution in [0.4, 0.5) is 0 Å². The number of hydrogen-bond donors (Lipinski definition) is 6. The van der Waals surface area contributed by atoms with Gasteiger partial charge in [-0.25, -0.2) is 9.98 Å². The second kappa shape index (κ2) is 3.25.